The Bertz CT molecular complexity index is 644. The molecule has 2 aromatic carbocycles. The van der Waals surface area contributed by atoms with Gasteiger partial charge in [-0.3, -0.25) is 4.79 Å². The number of rotatable bonds is 5. The van der Waals surface area contributed by atoms with Gasteiger partial charge in [-0.05, 0) is 53.8 Å². The first-order valence-corrected chi connectivity index (χ1v) is 7.81. The summed E-state index contributed by atoms with van der Waals surface area (Å²) in [5.74, 6) is 0.390. The monoisotopic (exact) mass is 313 g/mol. The Morgan fingerprint density at radius 2 is 1.77 bits per heavy atom. The van der Waals surface area contributed by atoms with Gasteiger partial charge in [0.05, 0.1) is 0 Å². The van der Waals surface area contributed by atoms with Gasteiger partial charge in [0.2, 0.25) is 5.91 Å². The molecule has 0 fully saturated rings. The number of nitrogens with one attached hydrogen (secondary N) is 1. The highest BCUT2D eigenvalue weighted by Crippen LogP contribution is 2.20. The van der Waals surface area contributed by atoms with Crippen LogP contribution >= 0.6 is 11.6 Å². The standard InChI is InChI=1S/C19H20ClNO/c1-3-14(2)16-7-11-18(12-8-16)21-19(22)13-6-15-4-9-17(20)10-5-15/h4-14H,3H2,1-2H3,(H,21,22). The number of amides is 1. The molecule has 1 atom stereocenters. The van der Waals surface area contributed by atoms with Crippen molar-refractivity contribution in [3.63, 3.8) is 0 Å². The Balaban J connectivity index is 1.95. The first-order chi connectivity index (χ1) is 10.6. The molecule has 0 saturated carbocycles. The van der Waals surface area contributed by atoms with Crippen molar-refractivity contribution in [3.8, 4) is 0 Å². The van der Waals surface area contributed by atoms with Crippen LogP contribution in [0.5, 0.6) is 0 Å². The molecular formula is C19H20ClNO. The fraction of sp³-hybridized carbons (Fsp3) is 0.211. The van der Waals surface area contributed by atoms with Gasteiger partial charge in [0, 0.05) is 16.8 Å². The molecule has 2 nitrogen and oxygen atoms in total. The predicted molar refractivity (Wildman–Crippen MR) is 94.3 cm³/mol. The van der Waals surface area contributed by atoms with Crippen molar-refractivity contribution < 1.29 is 4.79 Å². The van der Waals surface area contributed by atoms with Gasteiger partial charge in [0.15, 0.2) is 0 Å². The molecule has 22 heavy (non-hydrogen) atoms. The lowest BCUT2D eigenvalue weighted by atomic mass is 9.99. The third-order valence-corrected chi connectivity index (χ3v) is 3.91. The summed E-state index contributed by atoms with van der Waals surface area (Å²) >= 11 is 5.82. The molecule has 0 heterocycles. The minimum atomic E-state index is -0.147. The Labute approximate surface area is 136 Å². The molecule has 2 aromatic rings. The number of carbonyl (C=O) groups is 1. The van der Waals surface area contributed by atoms with Crippen LogP contribution in [0.15, 0.2) is 54.6 Å². The zero-order chi connectivity index (χ0) is 15.9. The van der Waals surface area contributed by atoms with Gasteiger partial charge < -0.3 is 5.32 Å². The van der Waals surface area contributed by atoms with E-state index in [2.05, 4.69) is 31.3 Å². The summed E-state index contributed by atoms with van der Waals surface area (Å²) in [6.07, 6.45) is 4.39. The van der Waals surface area contributed by atoms with E-state index < -0.39 is 0 Å². The van der Waals surface area contributed by atoms with Crippen molar-refractivity contribution in [2.24, 2.45) is 0 Å². The van der Waals surface area contributed by atoms with E-state index in [0.29, 0.717) is 10.9 Å². The average Bonchev–Trinajstić information content (AvgIpc) is 2.54. The first-order valence-electron chi connectivity index (χ1n) is 7.43. The molecule has 1 N–H and O–H groups in total. The number of benzene rings is 2. The van der Waals surface area contributed by atoms with Gasteiger partial charge in [0.1, 0.15) is 0 Å². The van der Waals surface area contributed by atoms with Gasteiger partial charge in [-0.1, -0.05) is 49.7 Å². The lowest BCUT2D eigenvalue weighted by Gasteiger charge is -2.09. The number of hydrogen-bond acceptors (Lipinski definition) is 1. The van der Waals surface area contributed by atoms with E-state index in [4.69, 9.17) is 11.6 Å². The van der Waals surface area contributed by atoms with Crippen LogP contribution in [-0.4, -0.2) is 5.91 Å². The van der Waals surface area contributed by atoms with Crippen LogP contribution < -0.4 is 5.32 Å². The van der Waals surface area contributed by atoms with Gasteiger partial charge >= 0.3 is 0 Å². The highest BCUT2D eigenvalue weighted by atomic mass is 35.5. The summed E-state index contributed by atoms with van der Waals surface area (Å²) in [6, 6.07) is 15.3. The van der Waals surface area contributed by atoms with E-state index in [9.17, 15) is 4.79 Å². The van der Waals surface area contributed by atoms with Crippen LogP contribution in [0.25, 0.3) is 6.08 Å². The molecule has 0 aliphatic rings. The van der Waals surface area contributed by atoms with Gasteiger partial charge in [-0.25, -0.2) is 0 Å². The van der Waals surface area contributed by atoms with E-state index >= 15 is 0 Å². The molecule has 0 spiro atoms. The Morgan fingerprint density at radius 1 is 1.14 bits per heavy atom. The summed E-state index contributed by atoms with van der Waals surface area (Å²) in [5.41, 5.74) is 3.03. The quantitative estimate of drug-likeness (QED) is 0.725. The molecule has 3 heteroatoms. The zero-order valence-electron chi connectivity index (χ0n) is 12.8. The fourth-order valence-corrected chi connectivity index (χ4v) is 2.19. The summed E-state index contributed by atoms with van der Waals surface area (Å²) in [4.78, 5) is 11.9. The van der Waals surface area contributed by atoms with E-state index in [0.717, 1.165) is 17.7 Å². The minimum Gasteiger partial charge on any atom is -0.323 e. The highest BCUT2D eigenvalue weighted by Gasteiger charge is 2.03. The second kappa shape index (κ2) is 7.81. The zero-order valence-corrected chi connectivity index (χ0v) is 13.6. The van der Waals surface area contributed by atoms with E-state index in [1.165, 1.54) is 11.6 Å². The fourth-order valence-electron chi connectivity index (χ4n) is 2.06. The maximum Gasteiger partial charge on any atom is 0.248 e. The molecule has 0 saturated heterocycles. The largest absolute Gasteiger partial charge is 0.323 e. The van der Waals surface area contributed by atoms with Crippen molar-refractivity contribution in [1.29, 1.82) is 0 Å². The maximum absolute atomic E-state index is 11.9. The lowest BCUT2D eigenvalue weighted by Crippen LogP contribution is -2.07. The predicted octanol–water partition coefficient (Wildman–Crippen LogP) is 5.51. The van der Waals surface area contributed by atoms with E-state index in [1.807, 2.05) is 24.3 Å². The third kappa shape index (κ3) is 4.74. The molecule has 114 valence electrons. The number of carbonyl (C=O) groups excluding carboxylic acids is 1. The summed E-state index contributed by atoms with van der Waals surface area (Å²) in [6.45, 7) is 4.37. The van der Waals surface area contributed by atoms with Crippen LogP contribution in [-0.2, 0) is 4.79 Å². The molecule has 0 aliphatic carbocycles. The Hall–Kier alpha value is -2.06. The molecule has 0 aromatic heterocycles. The second-order valence-corrected chi connectivity index (χ2v) is 5.74. The Kier molecular flexibility index (Phi) is 5.79. The first kappa shape index (κ1) is 16.3. The average molecular weight is 314 g/mol. The summed E-state index contributed by atoms with van der Waals surface area (Å²) < 4.78 is 0. The van der Waals surface area contributed by atoms with Gasteiger partial charge in [-0.15, -0.1) is 0 Å². The van der Waals surface area contributed by atoms with Crippen molar-refractivity contribution >= 4 is 29.3 Å². The molecule has 1 unspecified atom stereocenters. The second-order valence-electron chi connectivity index (χ2n) is 5.31. The minimum absolute atomic E-state index is 0.147. The SMILES string of the molecule is CCC(C)c1ccc(NC(=O)C=Cc2ccc(Cl)cc2)cc1. The van der Waals surface area contributed by atoms with Crippen LogP contribution in [0.1, 0.15) is 37.3 Å². The normalized spacial score (nSPS) is 12.3. The van der Waals surface area contributed by atoms with Crippen LogP contribution in [0.4, 0.5) is 5.69 Å². The molecule has 0 radical (unpaired) electrons. The molecule has 0 bridgehead atoms. The number of halogens is 1. The number of hydrogen-bond donors (Lipinski definition) is 1. The highest BCUT2D eigenvalue weighted by molar-refractivity contribution is 6.30. The van der Waals surface area contributed by atoms with Crippen molar-refractivity contribution in [3.05, 3.63) is 70.8 Å². The Morgan fingerprint density at radius 3 is 2.36 bits per heavy atom. The van der Waals surface area contributed by atoms with Crippen molar-refractivity contribution in [2.45, 2.75) is 26.2 Å². The van der Waals surface area contributed by atoms with Crippen molar-refractivity contribution in [1.82, 2.24) is 0 Å². The third-order valence-electron chi connectivity index (χ3n) is 3.66. The van der Waals surface area contributed by atoms with Gasteiger partial charge in [0.25, 0.3) is 0 Å². The van der Waals surface area contributed by atoms with E-state index in [-0.39, 0.29) is 5.91 Å². The molecule has 0 aliphatic heterocycles. The maximum atomic E-state index is 11.9. The molecule has 2 rings (SSSR count). The van der Waals surface area contributed by atoms with E-state index in [1.54, 1.807) is 18.2 Å². The van der Waals surface area contributed by atoms with Crippen LogP contribution in [0.2, 0.25) is 5.02 Å². The van der Waals surface area contributed by atoms with Crippen LogP contribution in [0.3, 0.4) is 0 Å². The molecular weight excluding hydrogens is 294 g/mol. The van der Waals surface area contributed by atoms with Crippen LogP contribution in [0, 0.1) is 0 Å². The lowest BCUT2D eigenvalue weighted by molar-refractivity contribution is -0.111. The summed E-state index contributed by atoms with van der Waals surface area (Å²) in [5, 5.41) is 3.54. The molecule has 1 amide bonds. The smallest absolute Gasteiger partial charge is 0.248 e. The topological polar surface area (TPSA) is 29.1 Å². The van der Waals surface area contributed by atoms with Crippen molar-refractivity contribution in [2.75, 3.05) is 5.32 Å². The number of anilines is 1. The summed E-state index contributed by atoms with van der Waals surface area (Å²) in [7, 11) is 0. The van der Waals surface area contributed by atoms with Gasteiger partial charge in [-0.2, -0.15) is 0 Å².